The van der Waals surface area contributed by atoms with Crippen LogP contribution in [-0.2, 0) is 20.7 Å². The van der Waals surface area contributed by atoms with Gasteiger partial charge in [-0.1, -0.05) is 62.2 Å². The van der Waals surface area contributed by atoms with Crippen molar-refractivity contribution in [1.29, 1.82) is 0 Å². The van der Waals surface area contributed by atoms with E-state index >= 15 is 0 Å². The number of methoxy groups -OCH3 is 1. The number of carbonyl (C=O) groups is 2. The van der Waals surface area contributed by atoms with E-state index in [9.17, 15) is 23.5 Å². The second-order valence-corrected chi connectivity index (χ2v) is 8.95. The van der Waals surface area contributed by atoms with Crippen LogP contribution >= 0.6 is 0 Å². The standard InChI is InChI=1S/C26H37F2NO4/c1-20(11-10-14-21-12-6-5-7-13-21)23(30)17-16-22-19-26(27,28)25(32)29(22)18-9-4-3-8-15-24(31)33-2/h5-7,12-13,16-17,20,22-23,30H,3-4,8-11,14-15,18-19H2,1-2H3/b17-16+/t20-,22+,23-/m1/s1. The fourth-order valence-corrected chi connectivity index (χ4v) is 4.14. The van der Waals surface area contributed by atoms with Crippen molar-refractivity contribution in [3.05, 3.63) is 48.0 Å². The molecule has 1 saturated heterocycles. The molecule has 0 spiro atoms. The van der Waals surface area contributed by atoms with Crippen molar-refractivity contribution in [2.45, 2.75) is 82.8 Å². The van der Waals surface area contributed by atoms with Gasteiger partial charge in [0.1, 0.15) is 0 Å². The lowest BCUT2D eigenvalue weighted by Gasteiger charge is -2.22. The Hall–Kier alpha value is -2.28. The van der Waals surface area contributed by atoms with E-state index in [-0.39, 0.29) is 18.4 Å². The quantitative estimate of drug-likeness (QED) is 0.241. The van der Waals surface area contributed by atoms with Gasteiger partial charge < -0.3 is 14.7 Å². The number of halogens is 2. The maximum absolute atomic E-state index is 14.1. The van der Waals surface area contributed by atoms with Gasteiger partial charge in [-0.05, 0) is 43.6 Å². The molecule has 1 amide bonds. The fraction of sp³-hybridized carbons (Fsp3) is 0.615. The first-order chi connectivity index (χ1) is 15.7. The average molecular weight is 466 g/mol. The van der Waals surface area contributed by atoms with Crippen LogP contribution in [0.1, 0.15) is 63.9 Å². The smallest absolute Gasteiger partial charge is 0.327 e. The van der Waals surface area contributed by atoms with Gasteiger partial charge in [0.05, 0.1) is 19.3 Å². The second-order valence-electron chi connectivity index (χ2n) is 8.95. The third-order valence-corrected chi connectivity index (χ3v) is 6.28. The molecule has 1 aliphatic heterocycles. The number of hydrogen-bond donors (Lipinski definition) is 1. The number of carbonyl (C=O) groups excluding carboxylic acids is 2. The highest BCUT2D eigenvalue weighted by Gasteiger charge is 2.52. The minimum absolute atomic E-state index is 0.00848. The number of likely N-dealkylation sites (tertiary alicyclic amines) is 1. The van der Waals surface area contributed by atoms with Crippen LogP contribution in [0.25, 0.3) is 0 Å². The summed E-state index contributed by atoms with van der Waals surface area (Å²) in [4.78, 5) is 24.5. The van der Waals surface area contributed by atoms with Crippen LogP contribution in [0.3, 0.4) is 0 Å². The number of unbranched alkanes of at least 4 members (excludes halogenated alkanes) is 3. The molecule has 2 rings (SSSR count). The zero-order valence-electron chi connectivity index (χ0n) is 19.7. The Kier molecular flexibility index (Phi) is 11.0. The van der Waals surface area contributed by atoms with E-state index in [0.29, 0.717) is 19.3 Å². The molecule has 0 saturated carbocycles. The second kappa shape index (κ2) is 13.4. The van der Waals surface area contributed by atoms with Gasteiger partial charge >= 0.3 is 11.9 Å². The molecule has 0 radical (unpaired) electrons. The van der Waals surface area contributed by atoms with Gasteiger partial charge in [0.25, 0.3) is 5.91 Å². The highest BCUT2D eigenvalue weighted by atomic mass is 19.3. The summed E-state index contributed by atoms with van der Waals surface area (Å²) >= 11 is 0. The topological polar surface area (TPSA) is 66.8 Å². The molecule has 1 N–H and O–H groups in total. The van der Waals surface area contributed by atoms with Gasteiger partial charge in [0.2, 0.25) is 0 Å². The first kappa shape index (κ1) is 27.0. The summed E-state index contributed by atoms with van der Waals surface area (Å²) in [6, 6.07) is 9.42. The number of aryl methyl sites for hydroxylation is 1. The zero-order valence-corrected chi connectivity index (χ0v) is 19.7. The van der Waals surface area contributed by atoms with E-state index in [0.717, 1.165) is 32.1 Å². The SMILES string of the molecule is COC(=O)CCCCCCN1C(=O)C(F)(F)C[C@@H]1/C=C/[C@@H](O)[C@H](C)CCCc1ccccc1. The molecule has 0 bridgehead atoms. The Morgan fingerprint density at radius 1 is 1.21 bits per heavy atom. The Bertz CT molecular complexity index is 769. The first-order valence-corrected chi connectivity index (χ1v) is 11.9. The summed E-state index contributed by atoms with van der Waals surface area (Å²) in [6.07, 6.45) is 7.61. The minimum Gasteiger partial charge on any atom is -0.469 e. The number of amides is 1. The monoisotopic (exact) mass is 465 g/mol. The van der Waals surface area contributed by atoms with Gasteiger partial charge in [-0.15, -0.1) is 0 Å². The van der Waals surface area contributed by atoms with E-state index in [1.165, 1.54) is 17.6 Å². The number of nitrogens with zero attached hydrogens (tertiary/aromatic N) is 1. The molecule has 7 heteroatoms. The molecule has 0 unspecified atom stereocenters. The van der Waals surface area contributed by atoms with Crippen molar-refractivity contribution in [3.8, 4) is 0 Å². The lowest BCUT2D eigenvalue weighted by atomic mass is 9.95. The molecule has 5 nitrogen and oxygen atoms in total. The molecule has 3 atom stereocenters. The Labute approximate surface area is 195 Å². The molecule has 0 aliphatic carbocycles. The van der Waals surface area contributed by atoms with Crippen LogP contribution in [0.5, 0.6) is 0 Å². The summed E-state index contributed by atoms with van der Waals surface area (Å²) in [5.74, 6) is -4.78. The largest absolute Gasteiger partial charge is 0.469 e. The predicted molar refractivity (Wildman–Crippen MR) is 124 cm³/mol. The van der Waals surface area contributed by atoms with Crippen LogP contribution in [0, 0.1) is 5.92 Å². The van der Waals surface area contributed by atoms with Crippen molar-refractivity contribution in [1.82, 2.24) is 4.90 Å². The van der Waals surface area contributed by atoms with Gasteiger partial charge in [0, 0.05) is 19.4 Å². The highest BCUT2D eigenvalue weighted by molar-refractivity contribution is 5.86. The van der Waals surface area contributed by atoms with Crippen molar-refractivity contribution in [2.24, 2.45) is 5.92 Å². The van der Waals surface area contributed by atoms with E-state index in [1.54, 1.807) is 12.2 Å². The van der Waals surface area contributed by atoms with E-state index in [4.69, 9.17) is 0 Å². The number of aliphatic hydroxyl groups is 1. The lowest BCUT2D eigenvalue weighted by Crippen LogP contribution is -2.36. The predicted octanol–water partition coefficient (Wildman–Crippen LogP) is 4.92. The Balaban J connectivity index is 1.79. The normalized spacial score (nSPS) is 19.7. The Morgan fingerprint density at radius 3 is 2.61 bits per heavy atom. The summed E-state index contributed by atoms with van der Waals surface area (Å²) in [5.41, 5.74) is 1.25. The third-order valence-electron chi connectivity index (χ3n) is 6.28. The molecule has 0 aromatic heterocycles. The average Bonchev–Trinajstić information content (AvgIpc) is 3.02. The van der Waals surface area contributed by atoms with Crippen LogP contribution in [-0.4, -0.2) is 53.6 Å². The maximum Gasteiger partial charge on any atom is 0.327 e. The van der Waals surface area contributed by atoms with Crippen molar-refractivity contribution in [2.75, 3.05) is 13.7 Å². The summed E-state index contributed by atoms with van der Waals surface area (Å²) < 4.78 is 32.7. The molecule has 1 aromatic carbocycles. The van der Waals surface area contributed by atoms with E-state index in [1.807, 2.05) is 25.1 Å². The Morgan fingerprint density at radius 2 is 1.91 bits per heavy atom. The fourth-order valence-electron chi connectivity index (χ4n) is 4.14. The number of esters is 1. The number of aliphatic hydroxyl groups excluding tert-OH is 1. The molecular formula is C26H37F2NO4. The number of hydrogen-bond acceptors (Lipinski definition) is 4. The van der Waals surface area contributed by atoms with E-state index < -0.39 is 30.4 Å². The molecular weight excluding hydrogens is 428 g/mol. The van der Waals surface area contributed by atoms with E-state index in [2.05, 4.69) is 16.9 Å². The highest BCUT2D eigenvalue weighted by Crippen LogP contribution is 2.34. The molecule has 1 aromatic rings. The van der Waals surface area contributed by atoms with Crippen LogP contribution < -0.4 is 0 Å². The molecule has 1 fully saturated rings. The molecule has 1 heterocycles. The number of rotatable bonds is 14. The number of alkyl halides is 2. The number of ether oxygens (including phenoxy) is 1. The van der Waals surface area contributed by atoms with Crippen LogP contribution in [0.4, 0.5) is 8.78 Å². The summed E-state index contributed by atoms with van der Waals surface area (Å²) in [6.45, 7) is 2.19. The van der Waals surface area contributed by atoms with Gasteiger partial charge in [-0.2, -0.15) is 8.78 Å². The van der Waals surface area contributed by atoms with Gasteiger partial charge in [-0.25, -0.2) is 0 Å². The minimum atomic E-state index is -3.37. The lowest BCUT2D eigenvalue weighted by molar-refractivity contribution is -0.148. The van der Waals surface area contributed by atoms with Gasteiger partial charge in [-0.3, -0.25) is 9.59 Å². The molecule has 184 valence electrons. The molecule has 33 heavy (non-hydrogen) atoms. The number of benzene rings is 1. The van der Waals surface area contributed by atoms with Crippen LogP contribution in [0.15, 0.2) is 42.5 Å². The summed E-state index contributed by atoms with van der Waals surface area (Å²) in [5, 5.41) is 10.5. The summed E-state index contributed by atoms with van der Waals surface area (Å²) in [7, 11) is 1.34. The van der Waals surface area contributed by atoms with Crippen LogP contribution in [0.2, 0.25) is 0 Å². The van der Waals surface area contributed by atoms with Gasteiger partial charge in [0.15, 0.2) is 0 Å². The van der Waals surface area contributed by atoms with Crippen molar-refractivity contribution >= 4 is 11.9 Å². The van der Waals surface area contributed by atoms with Crippen molar-refractivity contribution in [3.63, 3.8) is 0 Å². The van der Waals surface area contributed by atoms with Crippen molar-refractivity contribution < 1.29 is 28.2 Å². The maximum atomic E-state index is 14.1. The third kappa shape index (κ3) is 8.88. The first-order valence-electron chi connectivity index (χ1n) is 11.9. The molecule has 1 aliphatic rings. The zero-order chi connectivity index (χ0) is 24.3.